The van der Waals surface area contributed by atoms with Gasteiger partial charge in [0, 0.05) is 6.08 Å². The Morgan fingerprint density at radius 2 is 1.89 bits per heavy atom. The smallest absolute Gasteiger partial charge is 0.330 e. The number of sulfonamides is 1. The number of ether oxygens (including phenoxy) is 3. The number of nitrogens with one attached hydrogen (secondary N) is 1. The minimum Gasteiger partial charge on any atom is -0.495 e. The molecule has 2 rings (SSSR count). The average Bonchev–Trinajstić information content (AvgIpc) is 2.70. The van der Waals surface area contributed by atoms with E-state index in [0.717, 1.165) is 0 Å². The summed E-state index contributed by atoms with van der Waals surface area (Å²) in [6.07, 6.45) is 2.65. The van der Waals surface area contributed by atoms with Crippen LogP contribution in [0.2, 0.25) is 5.02 Å². The van der Waals surface area contributed by atoms with Gasteiger partial charge in [0.25, 0.3) is 0 Å². The van der Waals surface area contributed by atoms with E-state index in [2.05, 4.69) is 4.72 Å². The first kappa shape index (κ1) is 21.7. The molecule has 28 heavy (non-hydrogen) atoms. The van der Waals surface area contributed by atoms with Crippen molar-refractivity contribution in [1.82, 2.24) is 4.72 Å². The maximum absolute atomic E-state index is 12.1. The van der Waals surface area contributed by atoms with Crippen LogP contribution < -0.4 is 14.2 Å². The van der Waals surface area contributed by atoms with Crippen LogP contribution in [0.4, 0.5) is 0 Å². The van der Waals surface area contributed by atoms with Crippen LogP contribution in [0.25, 0.3) is 6.08 Å². The van der Waals surface area contributed by atoms with E-state index in [1.165, 1.54) is 38.4 Å². The highest BCUT2D eigenvalue weighted by atomic mass is 35.5. The molecule has 0 saturated carbocycles. The van der Waals surface area contributed by atoms with Crippen molar-refractivity contribution in [2.24, 2.45) is 0 Å². The highest BCUT2D eigenvalue weighted by molar-refractivity contribution is 7.89. The number of esters is 1. The zero-order valence-electron chi connectivity index (χ0n) is 15.3. The topological polar surface area (TPSA) is 90.9 Å². The number of rotatable bonds is 9. The zero-order valence-corrected chi connectivity index (χ0v) is 16.9. The van der Waals surface area contributed by atoms with Gasteiger partial charge in [0.15, 0.2) is 0 Å². The van der Waals surface area contributed by atoms with Crippen molar-refractivity contribution in [3.05, 3.63) is 59.1 Å². The molecule has 2 aromatic carbocycles. The number of halogens is 1. The van der Waals surface area contributed by atoms with Gasteiger partial charge in [0.05, 0.1) is 12.1 Å². The number of carbonyl (C=O) groups is 1. The number of para-hydroxylation sites is 1. The summed E-state index contributed by atoms with van der Waals surface area (Å²) in [5.41, 5.74) is 0.499. The zero-order chi connectivity index (χ0) is 20.6. The van der Waals surface area contributed by atoms with Crippen LogP contribution in [0.5, 0.6) is 11.5 Å². The lowest BCUT2D eigenvalue weighted by molar-refractivity contribution is -0.138. The first-order valence-electron chi connectivity index (χ1n) is 8.21. The summed E-state index contributed by atoms with van der Waals surface area (Å²) in [6, 6.07) is 11.5. The largest absolute Gasteiger partial charge is 0.495 e. The summed E-state index contributed by atoms with van der Waals surface area (Å²) in [5, 5.41) is 0.473. The molecule has 0 saturated heterocycles. The molecule has 9 heteroatoms. The number of carbonyl (C=O) groups excluding carboxylic acids is 1. The molecule has 1 N–H and O–H groups in total. The lowest BCUT2D eigenvalue weighted by atomic mass is 10.2. The molecule has 0 aliphatic heterocycles. The Balaban J connectivity index is 1.93. The predicted molar refractivity (Wildman–Crippen MR) is 106 cm³/mol. The number of benzene rings is 2. The van der Waals surface area contributed by atoms with Crippen molar-refractivity contribution >= 4 is 33.7 Å². The SMILES string of the molecule is CNS(=O)(=O)c1cc(/C=C/C(=O)OCCOc2ccccc2Cl)ccc1OC. The minimum atomic E-state index is -3.70. The third kappa shape index (κ3) is 5.98. The second-order valence-electron chi connectivity index (χ2n) is 5.40. The van der Waals surface area contributed by atoms with Crippen molar-refractivity contribution in [2.75, 3.05) is 27.4 Å². The summed E-state index contributed by atoms with van der Waals surface area (Å²) in [5.74, 6) is 0.120. The average molecular weight is 426 g/mol. The Morgan fingerprint density at radius 3 is 2.57 bits per heavy atom. The van der Waals surface area contributed by atoms with Gasteiger partial charge in [0.2, 0.25) is 10.0 Å². The fraction of sp³-hybridized carbons (Fsp3) is 0.211. The molecule has 0 aromatic heterocycles. The van der Waals surface area contributed by atoms with Crippen molar-refractivity contribution in [3.63, 3.8) is 0 Å². The molecule has 0 aliphatic rings. The van der Waals surface area contributed by atoms with Crippen LogP contribution in [-0.2, 0) is 19.6 Å². The van der Waals surface area contributed by atoms with Crippen LogP contribution in [-0.4, -0.2) is 41.8 Å². The van der Waals surface area contributed by atoms with Gasteiger partial charge < -0.3 is 14.2 Å². The third-order valence-corrected chi connectivity index (χ3v) is 5.33. The molecule has 0 unspecified atom stereocenters. The molecule has 0 radical (unpaired) electrons. The maximum Gasteiger partial charge on any atom is 0.330 e. The number of hydrogen-bond donors (Lipinski definition) is 1. The van der Waals surface area contributed by atoms with Gasteiger partial charge in [-0.1, -0.05) is 29.8 Å². The summed E-state index contributed by atoms with van der Waals surface area (Å²) < 4.78 is 41.9. The Morgan fingerprint density at radius 1 is 1.14 bits per heavy atom. The maximum atomic E-state index is 12.1. The van der Waals surface area contributed by atoms with Crippen molar-refractivity contribution in [1.29, 1.82) is 0 Å². The van der Waals surface area contributed by atoms with E-state index in [0.29, 0.717) is 16.3 Å². The standard InChI is InChI=1S/C19H20ClNO6S/c1-21-28(23,24)18-13-14(7-9-17(18)25-2)8-10-19(22)27-12-11-26-16-6-4-3-5-15(16)20/h3-10,13,21H,11-12H2,1-2H3/b10-8+. The van der Waals surface area contributed by atoms with E-state index in [4.69, 9.17) is 25.8 Å². The number of hydrogen-bond acceptors (Lipinski definition) is 6. The fourth-order valence-corrected chi connectivity index (χ4v) is 3.30. The van der Waals surface area contributed by atoms with Gasteiger partial charge in [-0.3, -0.25) is 0 Å². The molecule has 0 aliphatic carbocycles. The van der Waals surface area contributed by atoms with E-state index < -0.39 is 16.0 Å². The molecule has 150 valence electrons. The lowest BCUT2D eigenvalue weighted by Gasteiger charge is -2.09. The fourth-order valence-electron chi connectivity index (χ4n) is 2.18. The first-order valence-corrected chi connectivity index (χ1v) is 10.1. The quantitative estimate of drug-likeness (QED) is 0.377. The molecule has 7 nitrogen and oxygen atoms in total. The summed E-state index contributed by atoms with van der Waals surface area (Å²) in [6.45, 7) is 0.187. The molecular formula is C19H20ClNO6S. The van der Waals surface area contributed by atoms with Gasteiger partial charge in [-0.2, -0.15) is 0 Å². The van der Waals surface area contributed by atoms with E-state index in [9.17, 15) is 13.2 Å². The monoisotopic (exact) mass is 425 g/mol. The van der Waals surface area contributed by atoms with Crippen LogP contribution in [0.3, 0.4) is 0 Å². The van der Waals surface area contributed by atoms with Crippen LogP contribution in [0, 0.1) is 0 Å². The molecule has 2 aromatic rings. The first-order chi connectivity index (χ1) is 13.4. The number of methoxy groups -OCH3 is 1. The third-order valence-electron chi connectivity index (χ3n) is 3.58. The van der Waals surface area contributed by atoms with Gasteiger partial charge in [-0.05, 0) is 43.0 Å². The highest BCUT2D eigenvalue weighted by Crippen LogP contribution is 2.25. The summed E-state index contributed by atoms with van der Waals surface area (Å²) in [4.78, 5) is 11.8. The van der Waals surface area contributed by atoms with Gasteiger partial charge >= 0.3 is 5.97 Å². The molecule has 0 spiro atoms. The molecular weight excluding hydrogens is 406 g/mol. The van der Waals surface area contributed by atoms with E-state index >= 15 is 0 Å². The van der Waals surface area contributed by atoms with E-state index in [1.807, 2.05) is 0 Å². The summed E-state index contributed by atoms with van der Waals surface area (Å²) in [7, 11) is -1.02. The van der Waals surface area contributed by atoms with Crippen LogP contribution in [0.1, 0.15) is 5.56 Å². The van der Waals surface area contributed by atoms with Crippen LogP contribution >= 0.6 is 11.6 Å². The second-order valence-corrected chi connectivity index (χ2v) is 7.66. The van der Waals surface area contributed by atoms with Crippen molar-refractivity contribution in [2.45, 2.75) is 4.90 Å². The lowest BCUT2D eigenvalue weighted by Crippen LogP contribution is -2.19. The molecule has 0 bridgehead atoms. The highest BCUT2D eigenvalue weighted by Gasteiger charge is 2.17. The normalized spacial score (nSPS) is 11.4. The second kappa shape index (κ2) is 10.1. The van der Waals surface area contributed by atoms with E-state index in [-0.39, 0.29) is 23.9 Å². The Hall–Kier alpha value is -2.55. The molecule has 0 amide bonds. The van der Waals surface area contributed by atoms with Gasteiger partial charge in [-0.15, -0.1) is 0 Å². The molecule has 0 heterocycles. The Bertz CT molecular complexity index is 959. The Labute approximate surface area is 168 Å². The predicted octanol–water partition coefficient (Wildman–Crippen LogP) is 2.89. The van der Waals surface area contributed by atoms with Crippen LogP contribution in [0.15, 0.2) is 53.4 Å². The van der Waals surface area contributed by atoms with Gasteiger partial charge in [0.1, 0.15) is 29.6 Å². The van der Waals surface area contributed by atoms with Crippen molar-refractivity contribution in [3.8, 4) is 11.5 Å². The summed E-state index contributed by atoms with van der Waals surface area (Å²) >= 11 is 5.96. The van der Waals surface area contributed by atoms with Gasteiger partial charge in [-0.25, -0.2) is 17.9 Å². The minimum absolute atomic E-state index is 0.0267. The Kier molecular flexibility index (Phi) is 7.86. The molecule has 0 fully saturated rings. The molecule has 0 atom stereocenters. The van der Waals surface area contributed by atoms with E-state index in [1.54, 1.807) is 30.3 Å². The van der Waals surface area contributed by atoms with Crippen molar-refractivity contribution < 1.29 is 27.4 Å².